The third-order valence-electron chi connectivity index (χ3n) is 2.92. The maximum absolute atomic E-state index is 12.0. The molecule has 0 spiro atoms. The Morgan fingerprint density at radius 1 is 1.33 bits per heavy atom. The molecule has 0 aliphatic carbocycles. The summed E-state index contributed by atoms with van der Waals surface area (Å²) in [6.07, 6.45) is 1.33. The van der Waals surface area contributed by atoms with Crippen LogP contribution in [0.1, 0.15) is 13.0 Å². The minimum atomic E-state index is -0.720. The van der Waals surface area contributed by atoms with Crippen LogP contribution in [0.3, 0.4) is 0 Å². The smallest absolute Gasteiger partial charge is 0.313 e. The number of carbonyl (C=O) groups excluding carboxylic acids is 1. The zero-order valence-corrected chi connectivity index (χ0v) is 10.8. The lowest BCUT2D eigenvalue weighted by molar-refractivity contribution is -0.114. The van der Waals surface area contributed by atoms with Gasteiger partial charge in [0, 0.05) is 14.1 Å². The molecular formula is C10H11ClN4O3. The molecule has 0 aliphatic rings. The first-order chi connectivity index (χ1) is 8.36. The molecule has 1 atom stereocenters. The highest BCUT2D eigenvalue weighted by atomic mass is 35.5. The van der Waals surface area contributed by atoms with Crippen LogP contribution in [0.4, 0.5) is 0 Å². The van der Waals surface area contributed by atoms with E-state index in [0.29, 0.717) is 0 Å². The zero-order chi connectivity index (χ0) is 13.6. The van der Waals surface area contributed by atoms with Crippen molar-refractivity contribution in [3.05, 3.63) is 27.2 Å². The molecule has 0 saturated carbocycles. The Hall–Kier alpha value is -1.89. The Morgan fingerprint density at radius 3 is 2.50 bits per heavy atom. The third-order valence-corrected chi connectivity index (χ3v) is 3.23. The fraction of sp³-hybridized carbons (Fsp3) is 0.400. The SMILES string of the molecule is C[C@@H](C(=O)Cl)n1cnc2c1c(=O)n(C)c(=O)n2C. The predicted molar refractivity (Wildman–Crippen MR) is 65.8 cm³/mol. The van der Waals surface area contributed by atoms with Crippen molar-refractivity contribution >= 4 is 28.0 Å². The second kappa shape index (κ2) is 4.09. The van der Waals surface area contributed by atoms with Crippen LogP contribution in [0.15, 0.2) is 15.9 Å². The molecule has 0 N–H and O–H groups in total. The van der Waals surface area contributed by atoms with Gasteiger partial charge < -0.3 is 4.57 Å². The van der Waals surface area contributed by atoms with E-state index in [-0.39, 0.29) is 11.2 Å². The lowest BCUT2D eigenvalue weighted by Crippen LogP contribution is -2.37. The average molecular weight is 271 g/mol. The molecule has 0 fully saturated rings. The number of rotatable bonds is 2. The van der Waals surface area contributed by atoms with Gasteiger partial charge in [0.25, 0.3) is 5.56 Å². The summed E-state index contributed by atoms with van der Waals surface area (Å²) in [6.45, 7) is 1.56. The molecular weight excluding hydrogens is 260 g/mol. The number of halogens is 1. The minimum Gasteiger partial charge on any atom is -0.313 e. The van der Waals surface area contributed by atoms with Gasteiger partial charge in [-0.05, 0) is 18.5 Å². The van der Waals surface area contributed by atoms with Crippen molar-refractivity contribution in [2.24, 2.45) is 14.1 Å². The van der Waals surface area contributed by atoms with Crippen LogP contribution in [0.25, 0.3) is 11.2 Å². The van der Waals surface area contributed by atoms with E-state index in [4.69, 9.17) is 11.6 Å². The summed E-state index contributed by atoms with van der Waals surface area (Å²) in [5.41, 5.74) is -0.563. The van der Waals surface area contributed by atoms with Crippen molar-refractivity contribution in [3.8, 4) is 0 Å². The van der Waals surface area contributed by atoms with Crippen LogP contribution in [0, 0.1) is 0 Å². The van der Waals surface area contributed by atoms with E-state index in [1.165, 1.54) is 29.6 Å². The number of aromatic nitrogens is 4. The van der Waals surface area contributed by atoms with Gasteiger partial charge in [0.1, 0.15) is 6.04 Å². The van der Waals surface area contributed by atoms with Gasteiger partial charge in [-0.3, -0.25) is 18.7 Å². The Kier molecular flexibility index (Phi) is 2.86. The molecule has 2 aromatic heterocycles. The maximum atomic E-state index is 12.0. The number of aryl methyl sites for hydroxylation is 1. The highest BCUT2D eigenvalue weighted by molar-refractivity contribution is 6.64. The van der Waals surface area contributed by atoms with Crippen LogP contribution in [0.2, 0.25) is 0 Å². The largest absolute Gasteiger partial charge is 0.332 e. The highest BCUT2D eigenvalue weighted by Crippen LogP contribution is 2.15. The normalized spacial score (nSPS) is 12.9. The average Bonchev–Trinajstić information content (AvgIpc) is 2.77. The number of carbonyl (C=O) groups is 1. The quantitative estimate of drug-likeness (QED) is 0.706. The fourth-order valence-corrected chi connectivity index (χ4v) is 1.87. The van der Waals surface area contributed by atoms with E-state index in [2.05, 4.69) is 4.98 Å². The lowest BCUT2D eigenvalue weighted by atomic mass is 10.3. The van der Waals surface area contributed by atoms with E-state index in [9.17, 15) is 14.4 Å². The fourth-order valence-electron chi connectivity index (χ4n) is 1.77. The summed E-state index contributed by atoms with van der Waals surface area (Å²) < 4.78 is 3.58. The number of hydrogen-bond donors (Lipinski definition) is 0. The number of fused-ring (bicyclic) bond motifs is 1. The summed E-state index contributed by atoms with van der Waals surface area (Å²) in [6, 6.07) is -0.720. The molecule has 0 aliphatic heterocycles. The summed E-state index contributed by atoms with van der Waals surface area (Å²) in [5, 5.41) is -0.606. The molecule has 96 valence electrons. The van der Waals surface area contributed by atoms with Crippen LogP contribution in [0.5, 0.6) is 0 Å². The van der Waals surface area contributed by atoms with E-state index in [1.54, 1.807) is 6.92 Å². The van der Waals surface area contributed by atoms with Gasteiger partial charge in [-0.25, -0.2) is 9.78 Å². The Balaban J connectivity index is 2.95. The van der Waals surface area contributed by atoms with Crippen molar-refractivity contribution in [2.45, 2.75) is 13.0 Å². The standard InChI is InChI=1S/C10H11ClN4O3/c1-5(7(11)16)15-4-12-8-6(15)9(17)14(3)10(18)13(8)2/h4-5H,1-3H3/t5-/m0/s1. The van der Waals surface area contributed by atoms with Crippen molar-refractivity contribution < 1.29 is 4.79 Å². The van der Waals surface area contributed by atoms with E-state index in [1.807, 2.05) is 0 Å². The molecule has 0 bridgehead atoms. The van der Waals surface area contributed by atoms with Crippen LogP contribution >= 0.6 is 11.6 Å². The van der Waals surface area contributed by atoms with Crippen LogP contribution in [-0.4, -0.2) is 23.9 Å². The molecule has 2 heterocycles. The zero-order valence-electron chi connectivity index (χ0n) is 10.0. The summed E-state index contributed by atoms with van der Waals surface area (Å²) in [7, 11) is 2.88. The van der Waals surface area contributed by atoms with E-state index in [0.717, 1.165) is 4.57 Å². The van der Waals surface area contributed by atoms with Gasteiger partial charge in [0.15, 0.2) is 11.2 Å². The van der Waals surface area contributed by atoms with Gasteiger partial charge in [-0.15, -0.1) is 0 Å². The molecule has 0 saturated heterocycles. The van der Waals surface area contributed by atoms with Gasteiger partial charge >= 0.3 is 5.69 Å². The Labute approximate surface area is 106 Å². The topological polar surface area (TPSA) is 78.9 Å². The monoisotopic (exact) mass is 270 g/mol. The van der Waals surface area contributed by atoms with Gasteiger partial charge in [0.05, 0.1) is 6.33 Å². The number of nitrogens with zero attached hydrogens (tertiary/aromatic N) is 4. The van der Waals surface area contributed by atoms with Gasteiger partial charge in [0.2, 0.25) is 5.24 Å². The first-order valence-corrected chi connectivity index (χ1v) is 5.56. The van der Waals surface area contributed by atoms with Crippen molar-refractivity contribution in [2.75, 3.05) is 0 Å². The molecule has 2 aromatic rings. The van der Waals surface area contributed by atoms with Crippen LogP contribution in [-0.2, 0) is 18.9 Å². The van der Waals surface area contributed by atoms with Crippen molar-refractivity contribution in [1.29, 1.82) is 0 Å². The minimum absolute atomic E-state index is 0.182. The third kappa shape index (κ3) is 1.59. The van der Waals surface area contributed by atoms with Crippen molar-refractivity contribution in [1.82, 2.24) is 18.7 Å². The first-order valence-electron chi connectivity index (χ1n) is 5.18. The predicted octanol–water partition coefficient (Wildman–Crippen LogP) is -0.240. The number of imidazole rings is 1. The van der Waals surface area contributed by atoms with E-state index >= 15 is 0 Å². The Morgan fingerprint density at radius 2 is 1.94 bits per heavy atom. The molecule has 0 unspecified atom stereocenters. The molecule has 2 rings (SSSR count). The molecule has 18 heavy (non-hydrogen) atoms. The van der Waals surface area contributed by atoms with Crippen molar-refractivity contribution in [3.63, 3.8) is 0 Å². The Bertz CT molecular complexity index is 755. The summed E-state index contributed by atoms with van der Waals surface area (Å²) >= 11 is 5.42. The lowest BCUT2D eigenvalue weighted by Gasteiger charge is -2.09. The summed E-state index contributed by atoms with van der Waals surface area (Å²) in [4.78, 5) is 38.9. The van der Waals surface area contributed by atoms with Gasteiger partial charge in [-0.1, -0.05) is 0 Å². The molecule has 8 heteroatoms. The van der Waals surface area contributed by atoms with Gasteiger partial charge in [-0.2, -0.15) is 0 Å². The van der Waals surface area contributed by atoms with E-state index < -0.39 is 22.5 Å². The first kappa shape index (κ1) is 12.6. The molecule has 0 radical (unpaired) electrons. The molecule has 0 aromatic carbocycles. The maximum Gasteiger partial charge on any atom is 0.332 e. The number of hydrogen-bond acceptors (Lipinski definition) is 4. The highest BCUT2D eigenvalue weighted by Gasteiger charge is 2.20. The van der Waals surface area contributed by atoms with Crippen LogP contribution < -0.4 is 11.2 Å². The summed E-state index contributed by atoms with van der Waals surface area (Å²) in [5.74, 6) is 0. The molecule has 7 nitrogen and oxygen atoms in total. The molecule has 0 amide bonds. The second-order valence-electron chi connectivity index (χ2n) is 4.01. The second-order valence-corrected chi connectivity index (χ2v) is 4.38.